The third kappa shape index (κ3) is 3.18. The zero-order chi connectivity index (χ0) is 18.3. The van der Waals surface area contributed by atoms with Crippen LogP contribution in [0.3, 0.4) is 0 Å². The first kappa shape index (κ1) is 17.0. The number of fused-ring (bicyclic) bond motifs is 2. The van der Waals surface area contributed by atoms with Crippen molar-refractivity contribution < 1.29 is 10.2 Å². The number of likely N-dealkylation sites (N-methyl/N-ethyl adjacent to an activating group) is 1. The molecular formula is C20H21N3O2S. The molecule has 5 nitrogen and oxygen atoms in total. The molecule has 0 saturated heterocycles. The van der Waals surface area contributed by atoms with Gasteiger partial charge in [-0.25, -0.2) is 4.98 Å². The highest BCUT2D eigenvalue weighted by Crippen LogP contribution is 2.33. The van der Waals surface area contributed by atoms with E-state index < -0.39 is 0 Å². The van der Waals surface area contributed by atoms with Crippen LogP contribution in [0.15, 0.2) is 35.3 Å². The second kappa shape index (κ2) is 6.70. The van der Waals surface area contributed by atoms with E-state index in [1.807, 2.05) is 26.2 Å². The molecule has 0 bridgehead atoms. The zero-order valence-electron chi connectivity index (χ0n) is 14.9. The molecule has 26 heavy (non-hydrogen) atoms. The lowest BCUT2D eigenvalue weighted by atomic mass is 9.97. The lowest BCUT2D eigenvalue weighted by Crippen LogP contribution is -2.14. The summed E-state index contributed by atoms with van der Waals surface area (Å²) in [6.07, 6.45) is 1.70. The quantitative estimate of drug-likeness (QED) is 0.743. The number of nitrogens with zero attached hydrogens (tertiary/aromatic N) is 3. The molecule has 0 atom stereocenters. The van der Waals surface area contributed by atoms with Gasteiger partial charge in [0.2, 0.25) is 0 Å². The molecule has 0 spiro atoms. The molecule has 134 valence electrons. The van der Waals surface area contributed by atoms with Gasteiger partial charge >= 0.3 is 0 Å². The maximum atomic E-state index is 10.4. The molecule has 0 saturated carbocycles. The molecule has 3 aromatic rings. The number of aliphatic imine (C=N–C) groups is 1. The van der Waals surface area contributed by atoms with Crippen molar-refractivity contribution in [2.75, 3.05) is 27.2 Å². The highest BCUT2D eigenvalue weighted by atomic mass is 32.1. The smallest absolute Gasteiger partial charge is 0.143 e. The molecular weight excluding hydrogens is 346 g/mol. The van der Waals surface area contributed by atoms with Crippen LogP contribution in [0, 0.1) is 0 Å². The molecule has 0 fully saturated rings. The Morgan fingerprint density at radius 2 is 2.00 bits per heavy atom. The van der Waals surface area contributed by atoms with E-state index in [2.05, 4.69) is 20.9 Å². The first-order valence-electron chi connectivity index (χ1n) is 8.65. The summed E-state index contributed by atoms with van der Waals surface area (Å²) in [6.45, 7) is 1.61. The normalized spacial score (nSPS) is 13.9. The standard InChI is InChI=1S/C20H21N3O2S/c1-23(2)8-6-12-9-16(25)19-17(10-12)26-20(22-19)18-15-4-3-14(24)11-13(15)5-7-21-18/h3-4,9-11,24-25H,5-8H2,1-2H3. The molecule has 0 amide bonds. The largest absolute Gasteiger partial charge is 0.508 e. The summed E-state index contributed by atoms with van der Waals surface area (Å²) in [5.41, 5.74) is 4.69. The topological polar surface area (TPSA) is 69.0 Å². The van der Waals surface area contributed by atoms with Crippen molar-refractivity contribution in [3.05, 3.63) is 52.0 Å². The predicted molar refractivity (Wildman–Crippen MR) is 106 cm³/mol. The van der Waals surface area contributed by atoms with Crippen molar-refractivity contribution in [2.45, 2.75) is 12.8 Å². The van der Waals surface area contributed by atoms with Crippen LogP contribution in [0.25, 0.3) is 10.2 Å². The van der Waals surface area contributed by atoms with Gasteiger partial charge in [-0.1, -0.05) is 0 Å². The van der Waals surface area contributed by atoms with Gasteiger partial charge < -0.3 is 15.1 Å². The van der Waals surface area contributed by atoms with Gasteiger partial charge in [0.15, 0.2) is 0 Å². The minimum atomic E-state index is 0.223. The fraction of sp³-hybridized carbons (Fsp3) is 0.300. The summed E-state index contributed by atoms with van der Waals surface area (Å²) in [7, 11) is 4.08. The summed E-state index contributed by atoms with van der Waals surface area (Å²) < 4.78 is 0.974. The molecule has 4 rings (SSSR count). The minimum absolute atomic E-state index is 0.223. The van der Waals surface area contributed by atoms with Gasteiger partial charge in [0.1, 0.15) is 27.7 Å². The lowest BCUT2D eigenvalue weighted by Gasteiger charge is -2.15. The highest BCUT2D eigenvalue weighted by Gasteiger charge is 2.20. The van der Waals surface area contributed by atoms with Crippen LogP contribution in [-0.4, -0.2) is 53.0 Å². The van der Waals surface area contributed by atoms with Crippen molar-refractivity contribution in [3.8, 4) is 11.5 Å². The maximum Gasteiger partial charge on any atom is 0.143 e. The van der Waals surface area contributed by atoms with Gasteiger partial charge in [0, 0.05) is 18.7 Å². The molecule has 1 aliphatic rings. The van der Waals surface area contributed by atoms with E-state index in [0.717, 1.165) is 51.5 Å². The second-order valence-corrected chi connectivity index (χ2v) is 7.89. The van der Waals surface area contributed by atoms with Crippen LogP contribution in [0.5, 0.6) is 11.5 Å². The van der Waals surface area contributed by atoms with E-state index in [1.165, 1.54) is 0 Å². The van der Waals surface area contributed by atoms with Crippen molar-refractivity contribution in [1.82, 2.24) is 9.88 Å². The Balaban J connectivity index is 1.74. The van der Waals surface area contributed by atoms with E-state index >= 15 is 0 Å². The van der Waals surface area contributed by atoms with Gasteiger partial charge in [-0.05, 0) is 68.4 Å². The number of phenols is 2. The van der Waals surface area contributed by atoms with Crippen molar-refractivity contribution >= 4 is 27.3 Å². The zero-order valence-corrected chi connectivity index (χ0v) is 15.7. The number of thiazole rings is 1. The average molecular weight is 367 g/mol. The molecule has 0 radical (unpaired) electrons. The number of aromatic nitrogens is 1. The summed E-state index contributed by atoms with van der Waals surface area (Å²) in [5.74, 6) is 0.499. The molecule has 0 aliphatic carbocycles. The Hall–Kier alpha value is -2.44. The Kier molecular flexibility index (Phi) is 4.38. The third-order valence-electron chi connectivity index (χ3n) is 4.58. The molecule has 6 heteroatoms. The summed E-state index contributed by atoms with van der Waals surface area (Å²) >= 11 is 1.56. The molecule has 2 aromatic carbocycles. The molecule has 1 aliphatic heterocycles. The highest BCUT2D eigenvalue weighted by molar-refractivity contribution is 7.20. The fourth-order valence-corrected chi connectivity index (χ4v) is 4.31. The number of rotatable bonds is 4. The van der Waals surface area contributed by atoms with Crippen molar-refractivity contribution in [3.63, 3.8) is 0 Å². The number of phenolic OH excluding ortho intramolecular Hbond substituents is 2. The van der Waals surface area contributed by atoms with Crippen LogP contribution >= 0.6 is 11.3 Å². The van der Waals surface area contributed by atoms with Gasteiger partial charge in [-0.2, -0.15) is 0 Å². The molecule has 2 N–H and O–H groups in total. The SMILES string of the molecule is CN(C)CCc1cc(O)c2nc(C3=NCCc4cc(O)ccc43)sc2c1. The van der Waals surface area contributed by atoms with E-state index in [9.17, 15) is 10.2 Å². The lowest BCUT2D eigenvalue weighted by molar-refractivity contribution is 0.413. The number of hydrogen-bond acceptors (Lipinski definition) is 6. The Morgan fingerprint density at radius 3 is 2.81 bits per heavy atom. The average Bonchev–Trinajstić information content (AvgIpc) is 3.03. The minimum Gasteiger partial charge on any atom is -0.508 e. The molecule has 0 unspecified atom stereocenters. The van der Waals surface area contributed by atoms with Crippen molar-refractivity contribution in [2.24, 2.45) is 4.99 Å². The fourth-order valence-electron chi connectivity index (χ4n) is 3.24. The van der Waals surface area contributed by atoms with Crippen molar-refractivity contribution in [1.29, 1.82) is 0 Å². The monoisotopic (exact) mass is 367 g/mol. The molecule has 1 aromatic heterocycles. The van der Waals surface area contributed by atoms with E-state index in [0.29, 0.717) is 12.1 Å². The second-order valence-electron chi connectivity index (χ2n) is 6.86. The first-order valence-corrected chi connectivity index (χ1v) is 9.47. The van der Waals surface area contributed by atoms with Crippen LogP contribution < -0.4 is 0 Å². The number of aromatic hydroxyl groups is 2. The van der Waals surface area contributed by atoms with Crippen LogP contribution in [0.4, 0.5) is 0 Å². The van der Waals surface area contributed by atoms with Gasteiger partial charge in [-0.3, -0.25) is 4.99 Å². The Morgan fingerprint density at radius 1 is 1.15 bits per heavy atom. The van der Waals surface area contributed by atoms with Gasteiger partial charge in [0.25, 0.3) is 0 Å². The maximum absolute atomic E-state index is 10.4. The van der Waals surface area contributed by atoms with Crippen LogP contribution in [-0.2, 0) is 12.8 Å². The third-order valence-corrected chi connectivity index (χ3v) is 5.59. The molecule has 2 heterocycles. The first-order chi connectivity index (χ1) is 12.5. The van der Waals surface area contributed by atoms with Crippen LogP contribution in [0.1, 0.15) is 21.7 Å². The predicted octanol–water partition coefficient (Wildman–Crippen LogP) is 3.21. The van der Waals surface area contributed by atoms with E-state index in [4.69, 9.17) is 0 Å². The van der Waals surface area contributed by atoms with Gasteiger partial charge in [0.05, 0.1) is 4.70 Å². The number of hydrogen-bond donors (Lipinski definition) is 2. The Labute approximate surface area is 156 Å². The summed E-state index contributed by atoms with van der Waals surface area (Å²) in [4.78, 5) is 11.5. The van der Waals surface area contributed by atoms with Gasteiger partial charge in [-0.15, -0.1) is 11.3 Å². The van der Waals surface area contributed by atoms with E-state index in [-0.39, 0.29) is 11.5 Å². The Bertz CT molecular complexity index is 1010. The summed E-state index contributed by atoms with van der Waals surface area (Å²) in [6, 6.07) is 9.31. The number of benzene rings is 2. The van der Waals surface area contributed by atoms with Crippen LogP contribution in [0.2, 0.25) is 0 Å². The summed E-state index contributed by atoms with van der Waals surface area (Å²) in [5, 5.41) is 21.0. The van der Waals surface area contributed by atoms with E-state index in [1.54, 1.807) is 23.5 Å².